The van der Waals surface area contributed by atoms with Crippen molar-refractivity contribution in [2.24, 2.45) is 0 Å². The zero-order valence-corrected chi connectivity index (χ0v) is 12.7. The number of hydrogen-bond donors (Lipinski definition) is 1. The summed E-state index contributed by atoms with van der Waals surface area (Å²) in [7, 11) is 0. The number of hydrogen-bond acceptors (Lipinski definition) is 2. The predicted octanol–water partition coefficient (Wildman–Crippen LogP) is 4.13. The van der Waals surface area contributed by atoms with E-state index in [0.29, 0.717) is 5.69 Å². The van der Waals surface area contributed by atoms with Gasteiger partial charge in [-0.3, -0.25) is 4.79 Å². The molecule has 0 radical (unpaired) electrons. The van der Waals surface area contributed by atoms with Crippen molar-refractivity contribution >= 4 is 27.5 Å². The van der Waals surface area contributed by atoms with Gasteiger partial charge in [-0.1, -0.05) is 15.9 Å². The van der Waals surface area contributed by atoms with Crippen LogP contribution in [0, 0.1) is 11.6 Å². The Hall–Kier alpha value is -1.95. The second-order valence-corrected chi connectivity index (χ2v) is 5.25. The first-order valence-electron chi connectivity index (χ1n) is 6.14. The van der Waals surface area contributed by atoms with E-state index in [2.05, 4.69) is 21.2 Å². The molecule has 2 rings (SSSR count). The van der Waals surface area contributed by atoms with Gasteiger partial charge in [0.1, 0.15) is 5.75 Å². The number of anilines is 1. The Morgan fingerprint density at radius 1 is 1.14 bits per heavy atom. The summed E-state index contributed by atoms with van der Waals surface area (Å²) in [5.41, 5.74) is 0.615. The van der Waals surface area contributed by atoms with E-state index in [4.69, 9.17) is 4.74 Å². The third-order valence-electron chi connectivity index (χ3n) is 2.68. The lowest BCUT2D eigenvalue weighted by Gasteiger charge is -2.15. The summed E-state index contributed by atoms with van der Waals surface area (Å²) in [6.45, 7) is 1.52. The first-order valence-corrected chi connectivity index (χ1v) is 6.93. The molecule has 0 heterocycles. The molecular formula is C15H12BrF2NO2. The minimum atomic E-state index is -1.02. The third-order valence-corrected chi connectivity index (χ3v) is 3.21. The summed E-state index contributed by atoms with van der Waals surface area (Å²) in [6, 6.07) is 10.1. The quantitative estimate of drug-likeness (QED) is 0.895. The van der Waals surface area contributed by atoms with Crippen LogP contribution in [-0.4, -0.2) is 12.0 Å². The van der Waals surface area contributed by atoms with Crippen LogP contribution in [0.1, 0.15) is 6.92 Å². The maximum atomic E-state index is 13.1. The molecule has 0 aliphatic carbocycles. The molecule has 110 valence electrons. The predicted molar refractivity (Wildman–Crippen MR) is 79.2 cm³/mol. The van der Waals surface area contributed by atoms with Crippen molar-refractivity contribution in [3.8, 4) is 5.75 Å². The minimum Gasteiger partial charge on any atom is -0.481 e. The highest BCUT2D eigenvalue weighted by atomic mass is 79.9. The number of rotatable bonds is 4. The molecule has 0 fully saturated rings. The molecule has 6 heteroatoms. The largest absolute Gasteiger partial charge is 0.481 e. The van der Waals surface area contributed by atoms with E-state index < -0.39 is 17.7 Å². The van der Waals surface area contributed by atoms with Gasteiger partial charge in [0.25, 0.3) is 5.91 Å². The average molecular weight is 356 g/mol. The van der Waals surface area contributed by atoms with Crippen LogP contribution in [-0.2, 0) is 4.79 Å². The van der Waals surface area contributed by atoms with Crippen LogP contribution >= 0.6 is 15.9 Å². The monoisotopic (exact) mass is 355 g/mol. The number of halogens is 3. The molecule has 21 heavy (non-hydrogen) atoms. The maximum Gasteiger partial charge on any atom is 0.265 e. The summed E-state index contributed by atoms with van der Waals surface area (Å²) in [4.78, 5) is 11.9. The number of benzene rings is 2. The van der Waals surface area contributed by atoms with Gasteiger partial charge in [-0.05, 0) is 43.3 Å². The molecule has 3 nitrogen and oxygen atoms in total. The van der Waals surface area contributed by atoms with E-state index in [-0.39, 0.29) is 11.7 Å². The van der Waals surface area contributed by atoms with Gasteiger partial charge in [-0.25, -0.2) is 8.78 Å². The van der Waals surface area contributed by atoms with Crippen molar-refractivity contribution in [3.63, 3.8) is 0 Å². The van der Waals surface area contributed by atoms with Crippen LogP contribution in [0.5, 0.6) is 5.75 Å². The fraction of sp³-hybridized carbons (Fsp3) is 0.133. The Morgan fingerprint density at radius 3 is 2.43 bits per heavy atom. The first kappa shape index (κ1) is 15.4. The highest BCUT2D eigenvalue weighted by Crippen LogP contribution is 2.18. The second-order valence-electron chi connectivity index (χ2n) is 4.33. The lowest BCUT2D eigenvalue weighted by Crippen LogP contribution is -2.30. The molecule has 0 aliphatic heterocycles. The van der Waals surface area contributed by atoms with Gasteiger partial charge in [0.15, 0.2) is 17.7 Å². The van der Waals surface area contributed by atoms with Crippen LogP contribution in [0.25, 0.3) is 0 Å². The van der Waals surface area contributed by atoms with Gasteiger partial charge in [-0.15, -0.1) is 0 Å². The van der Waals surface area contributed by atoms with Crippen LogP contribution in [0.4, 0.5) is 14.5 Å². The van der Waals surface area contributed by atoms with Crippen molar-refractivity contribution in [1.82, 2.24) is 0 Å². The Kier molecular flexibility index (Phi) is 4.90. The Balaban J connectivity index is 1.98. The van der Waals surface area contributed by atoms with E-state index in [9.17, 15) is 13.6 Å². The molecule has 0 saturated carbocycles. The van der Waals surface area contributed by atoms with Crippen molar-refractivity contribution in [2.75, 3.05) is 5.32 Å². The summed E-state index contributed by atoms with van der Waals surface area (Å²) >= 11 is 3.29. The first-order chi connectivity index (χ1) is 9.95. The van der Waals surface area contributed by atoms with Crippen molar-refractivity contribution < 1.29 is 18.3 Å². The summed E-state index contributed by atoms with van der Waals surface area (Å²) in [5.74, 6) is -2.28. The molecule has 0 aliphatic rings. The van der Waals surface area contributed by atoms with Crippen LogP contribution in [0.3, 0.4) is 0 Å². The van der Waals surface area contributed by atoms with Gasteiger partial charge in [0, 0.05) is 16.2 Å². The Labute approximate surface area is 129 Å². The van der Waals surface area contributed by atoms with Crippen LogP contribution in [0.2, 0.25) is 0 Å². The SMILES string of the molecule is C[C@@H](Oc1ccc(F)c(F)c1)C(=O)Nc1ccc(Br)cc1. The molecule has 2 aromatic rings. The molecular weight excluding hydrogens is 344 g/mol. The fourth-order valence-electron chi connectivity index (χ4n) is 1.58. The highest BCUT2D eigenvalue weighted by Gasteiger charge is 2.15. The van der Waals surface area contributed by atoms with E-state index in [1.807, 2.05) is 0 Å². The van der Waals surface area contributed by atoms with Crippen molar-refractivity contribution in [2.45, 2.75) is 13.0 Å². The topological polar surface area (TPSA) is 38.3 Å². The lowest BCUT2D eigenvalue weighted by atomic mass is 10.3. The molecule has 0 unspecified atom stereocenters. The molecule has 1 atom stereocenters. The average Bonchev–Trinajstić information content (AvgIpc) is 2.45. The van der Waals surface area contributed by atoms with E-state index in [0.717, 1.165) is 16.6 Å². The maximum absolute atomic E-state index is 13.1. The van der Waals surface area contributed by atoms with Gasteiger partial charge in [-0.2, -0.15) is 0 Å². The van der Waals surface area contributed by atoms with Gasteiger partial charge in [0.2, 0.25) is 0 Å². The van der Waals surface area contributed by atoms with Crippen molar-refractivity contribution in [1.29, 1.82) is 0 Å². The third kappa shape index (κ3) is 4.26. The van der Waals surface area contributed by atoms with Gasteiger partial charge in [0.05, 0.1) is 0 Å². The minimum absolute atomic E-state index is 0.0901. The number of amides is 1. The summed E-state index contributed by atoms with van der Waals surface area (Å²) in [5, 5.41) is 2.66. The number of carbonyl (C=O) groups excluding carboxylic acids is 1. The number of ether oxygens (including phenoxy) is 1. The van der Waals surface area contributed by atoms with E-state index in [1.54, 1.807) is 24.3 Å². The van der Waals surface area contributed by atoms with E-state index >= 15 is 0 Å². The summed E-state index contributed by atoms with van der Waals surface area (Å²) in [6.07, 6.45) is -0.849. The Bertz CT molecular complexity index is 647. The Morgan fingerprint density at radius 2 is 1.81 bits per heavy atom. The smallest absolute Gasteiger partial charge is 0.265 e. The zero-order valence-electron chi connectivity index (χ0n) is 11.1. The molecule has 0 saturated heterocycles. The van der Waals surface area contributed by atoms with Gasteiger partial charge < -0.3 is 10.1 Å². The molecule has 0 aromatic heterocycles. The highest BCUT2D eigenvalue weighted by molar-refractivity contribution is 9.10. The van der Waals surface area contributed by atoms with E-state index in [1.165, 1.54) is 13.0 Å². The fourth-order valence-corrected chi connectivity index (χ4v) is 1.85. The number of carbonyl (C=O) groups is 1. The number of nitrogens with one attached hydrogen (secondary N) is 1. The standard InChI is InChI=1S/C15H12BrF2NO2/c1-9(21-12-6-7-13(17)14(18)8-12)15(20)19-11-4-2-10(16)3-5-11/h2-9H,1H3,(H,19,20)/t9-/m1/s1. The molecule has 1 N–H and O–H groups in total. The zero-order chi connectivity index (χ0) is 15.4. The van der Waals surface area contributed by atoms with Crippen LogP contribution in [0.15, 0.2) is 46.9 Å². The molecule has 0 bridgehead atoms. The second kappa shape index (κ2) is 6.67. The molecule has 2 aromatic carbocycles. The molecule has 0 spiro atoms. The molecule has 1 amide bonds. The summed E-state index contributed by atoms with van der Waals surface area (Å²) < 4.78 is 32.0. The van der Waals surface area contributed by atoms with Gasteiger partial charge >= 0.3 is 0 Å². The van der Waals surface area contributed by atoms with Crippen molar-refractivity contribution in [3.05, 3.63) is 58.6 Å². The normalized spacial score (nSPS) is 11.8. The lowest BCUT2D eigenvalue weighted by molar-refractivity contribution is -0.122. The van der Waals surface area contributed by atoms with Crippen LogP contribution < -0.4 is 10.1 Å².